The Morgan fingerprint density at radius 3 is 2.27 bits per heavy atom. The number of aldehydes is 1. The van der Waals surface area contributed by atoms with Crippen molar-refractivity contribution in [2.75, 3.05) is 13.1 Å². The summed E-state index contributed by atoms with van der Waals surface area (Å²) in [6, 6.07) is -4.12. The molecule has 2 atom stereocenters. The number of carbonyl (C=O) groups is 5. The number of carbonyl (C=O) groups excluding carboxylic acids is 5. The zero-order valence-corrected chi connectivity index (χ0v) is 31.0. The van der Waals surface area contributed by atoms with Crippen molar-refractivity contribution in [1.29, 1.82) is 0 Å². The minimum atomic E-state index is -5.16. The first-order valence-corrected chi connectivity index (χ1v) is 17.3. The fourth-order valence-electron chi connectivity index (χ4n) is 3.83. The number of aromatic nitrogens is 1. The molecule has 0 aliphatic carbocycles. The Kier molecular flexibility index (Phi) is 13.7. The number of nitrogens with zero attached hydrogens (tertiary/aromatic N) is 4. The molecule has 1 saturated heterocycles. The van der Waals surface area contributed by atoms with E-state index < -0.39 is 81.0 Å². The monoisotopic (exact) mass is 761 g/mol. The Morgan fingerprint density at radius 2 is 1.75 bits per heavy atom. The Hall–Kier alpha value is -4.80. The van der Waals surface area contributed by atoms with Crippen LogP contribution in [0, 0.1) is 0 Å². The predicted molar refractivity (Wildman–Crippen MR) is 180 cm³/mol. The van der Waals surface area contributed by atoms with Gasteiger partial charge in [0.25, 0.3) is 17.0 Å². The van der Waals surface area contributed by atoms with Gasteiger partial charge in [-0.2, -0.15) is 8.42 Å². The Bertz CT molecular complexity index is 1690. The zero-order chi connectivity index (χ0) is 39.1. The highest BCUT2D eigenvalue weighted by Gasteiger charge is 2.54. The molecule has 1 aliphatic rings. The molecule has 0 radical (unpaired) electrons. The van der Waals surface area contributed by atoms with Crippen LogP contribution in [0.25, 0.3) is 0 Å². The number of ether oxygens (including phenoxy) is 2. The van der Waals surface area contributed by atoms with Gasteiger partial charge in [-0.05, 0) is 62.3 Å². The summed E-state index contributed by atoms with van der Waals surface area (Å²) in [5.41, 5.74) is -3.92. The molecular weight excluding hydrogens is 718 g/mol. The maximum atomic E-state index is 13.6. The number of thiazole rings is 1. The summed E-state index contributed by atoms with van der Waals surface area (Å²) in [6.07, 6.45) is 2.07. The van der Waals surface area contributed by atoms with Gasteiger partial charge < -0.3 is 35.4 Å². The second-order valence-corrected chi connectivity index (χ2v) is 15.4. The number of aliphatic hydroxyl groups is 1. The van der Waals surface area contributed by atoms with Crippen LogP contribution in [0.1, 0.15) is 68.0 Å². The van der Waals surface area contributed by atoms with Crippen LogP contribution in [0.15, 0.2) is 34.3 Å². The van der Waals surface area contributed by atoms with E-state index in [1.165, 1.54) is 32.2 Å². The van der Waals surface area contributed by atoms with E-state index in [0.717, 1.165) is 11.3 Å². The highest BCUT2D eigenvalue weighted by molar-refractivity contribution is 7.84. The van der Waals surface area contributed by atoms with Gasteiger partial charge in [0.1, 0.15) is 22.9 Å². The number of urea groups is 1. The average molecular weight is 762 g/mol. The van der Waals surface area contributed by atoms with E-state index in [1.807, 2.05) is 0 Å². The van der Waals surface area contributed by atoms with Crippen LogP contribution in [0.3, 0.4) is 0 Å². The molecule has 51 heavy (non-hydrogen) atoms. The SMILES string of the molecule is C/C=C(/CNC(=O)NCC1C(NC(=O)/C(=N\OC(C)(C)C(=O)OC(C)(C)C)c2csc(OC(C)(C)C)n2)C(=O)N1S(=O)(=O)O)N(O)/C=C(/O)C=O. The molecule has 1 aromatic rings. The van der Waals surface area contributed by atoms with E-state index in [4.69, 9.17) is 14.3 Å². The molecule has 1 fully saturated rings. The van der Waals surface area contributed by atoms with E-state index in [0.29, 0.717) is 11.3 Å². The molecule has 4 amide bonds. The van der Waals surface area contributed by atoms with E-state index in [9.17, 15) is 47.3 Å². The Morgan fingerprint density at radius 1 is 1.12 bits per heavy atom. The van der Waals surface area contributed by atoms with Crippen LogP contribution in [0.5, 0.6) is 5.19 Å². The van der Waals surface area contributed by atoms with Crippen molar-refractivity contribution in [3.63, 3.8) is 0 Å². The minimum absolute atomic E-state index is 0.00375. The van der Waals surface area contributed by atoms with Crippen molar-refractivity contribution in [3.05, 3.63) is 34.8 Å². The van der Waals surface area contributed by atoms with Crippen LogP contribution >= 0.6 is 11.3 Å². The summed E-state index contributed by atoms with van der Waals surface area (Å²) >= 11 is 1.00. The molecule has 6 N–H and O–H groups in total. The smallest absolute Gasteiger partial charge is 0.362 e. The fourth-order valence-corrected chi connectivity index (χ4v) is 5.54. The normalized spacial score (nSPS) is 17.6. The van der Waals surface area contributed by atoms with Gasteiger partial charge in [0.2, 0.25) is 5.60 Å². The molecule has 20 nitrogen and oxygen atoms in total. The largest absolute Gasteiger partial charge is 0.503 e. The summed E-state index contributed by atoms with van der Waals surface area (Å²) in [4.78, 5) is 72.1. The van der Waals surface area contributed by atoms with Gasteiger partial charge in [-0.3, -0.25) is 24.1 Å². The number of rotatable bonds is 15. The highest BCUT2D eigenvalue weighted by atomic mass is 32.2. The van der Waals surface area contributed by atoms with Crippen molar-refractivity contribution in [1.82, 2.24) is 30.3 Å². The van der Waals surface area contributed by atoms with E-state index in [-0.39, 0.29) is 33.7 Å². The highest BCUT2D eigenvalue weighted by Crippen LogP contribution is 2.26. The third-order valence-corrected chi connectivity index (χ3v) is 7.86. The van der Waals surface area contributed by atoms with E-state index in [1.54, 1.807) is 41.5 Å². The standard InChI is InChI=1S/C29H43N7O13S2/c1-10-16(35(43)13-17(38)14-37)11-30-25(42)31-12-19-21(23(40)36(19)51(44,45)46)33-22(39)20(18-15-50-26(32-18)48-28(5,6)7)34-49-29(8,9)24(41)47-27(2,3)4/h10,13-15,19,21,38,43H,11-12H2,1-9H3,(H,33,39)(H2,30,31,42)(H,44,45,46)/b16-10-,17-13+,34-20-. The second-order valence-electron chi connectivity index (χ2n) is 13.2. The molecule has 0 bridgehead atoms. The number of amides is 4. The molecule has 1 aromatic heterocycles. The number of hydrogen-bond donors (Lipinski definition) is 6. The van der Waals surface area contributed by atoms with Gasteiger partial charge in [0, 0.05) is 11.9 Å². The van der Waals surface area contributed by atoms with Gasteiger partial charge in [-0.15, -0.1) is 0 Å². The number of esters is 1. The van der Waals surface area contributed by atoms with Gasteiger partial charge in [-0.25, -0.2) is 23.9 Å². The first-order valence-electron chi connectivity index (χ1n) is 15.1. The molecule has 1 aliphatic heterocycles. The lowest BCUT2D eigenvalue weighted by Crippen LogP contribution is -2.74. The molecule has 2 heterocycles. The molecule has 22 heteroatoms. The number of aliphatic hydroxyl groups excluding tert-OH is 1. The van der Waals surface area contributed by atoms with Crippen LogP contribution in [0.2, 0.25) is 0 Å². The molecule has 0 spiro atoms. The number of hydroxylamine groups is 2. The molecule has 2 rings (SSSR count). The Labute approximate surface area is 298 Å². The molecule has 0 saturated carbocycles. The molecule has 2 unspecified atom stereocenters. The summed E-state index contributed by atoms with van der Waals surface area (Å²) < 4.78 is 44.9. The van der Waals surface area contributed by atoms with Crippen molar-refractivity contribution >= 4 is 57.5 Å². The van der Waals surface area contributed by atoms with Crippen molar-refractivity contribution in [2.24, 2.45) is 5.16 Å². The number of hydrogen-bond acceptors (Lipinski definition) is 16. The Balaban J connectivity index is 2.33. The van der Waals surface area contributed by atoms with Gasteiger partial charge in [0.05, 0.1) is 24.5 Å². The number of oxime groups is 1. The van der Waals surface area contributed by atoms with Crippen molar-refractivity contribution < 1.29 is 61.6 Å². The van der Waals surface area contributed by atoms with Crippen LogP contribution in [-0.4, -0.2) is 115 Å². The van der Waals surface area contributed by atoms with Gasteiger partial charge in [0.15, 0.2) is 17.8 Å². The van der Waals surface area contributed by atoms with Crippen molar-refractivity contribution in [2.45, 2.75) is 91.2 Å². The van der Waals surface area contributed by atoms with Gasteiger partial charge >= 0.3 is 22.3 Å². The summed E-state index contributed by atoms with van der Waals surface area (Å²) in [5, 5.41) is 31.9. The first kappa shape index (κ1) is 42.4. The number of nitrogens with one attached hydrogen (secondary N) is 3. The van der Waals surface area contributed by atoms with Crippen molar-refractivity contribution in [3.8, 4) is 5.19 Å². The van der Waals surface area contributed by atoms with E-state index in [2.05, 4.69) is 26.1 Å². The number of β-lactam (4-membered cyclic amide) rings is 1. The summed E-state index contributed by atoms with van der Waals surface area (Å²) in [6.45, 7) is 13.4. The first-order chi connectivity index (χ1) is 23.3. The second kappa shape index (κ2) is 16.5. The number of allylic oxidation sites excluding steroid dienone is 2. The molecular formula is C29H43N7O13S2. The lowest BCUT2D eigenvalue weighted by Gasteiger charge is -2.44. The van der Waals surface area contributed by atoms with Gasteiger partial charge in [-0.1, -0.05) is 22.6 Å². The molecule has 284 valence electrons. The minimum Gasteiger partial charge on any atom is -0.503 e. The maximum Gasteiger partial charge on any atom is 0.362 e. The maximum absolute atomic E-state index is 13.6. The molecule has 0 aromatic carbocycles. The average Bonchev–Trinajstić information content (AvgIpc) is 3.42. The lowest BCUT2D eigenvalue weighted by atomic mass is 9.98. The fraction of sp³-hybridized carbons (Fsp3) is 0.552. The summed E-state index contributed by atoms with van der Waals surface area (Å²) in [7, 11) is -5.16. The lowest BCUT2D eigenvalue weighted by molar-refractivity contribution is -0.179. The predicted octanol–water partition coefficient (Wildman–Crippen LogP) is 1.15. The topological polar surface area (TPSA) is 276 Å². The zero-order valence-electron chi connectivity index (χ0n) is 29.4. The third kappa shape index (κ3) is 12.5. The third-order valence-electron chi connectivity index (χ3n) is 6.20. The van der Waals surface area contributed by atoms with E-state index >= 15 is 0 Å². The summed E-state index contributed by atoms with van der Waals surface area (Å²) in [5.74, 6) is -4.00. The quantitative estimate of drug-likeness (QED) is 0.0214. The van der Waals surface area contributed by atoms with Crippen LogP contribution < -0.4 is 20.7 Å². The van der Waals surface area contributed by atoms with Crippen LogP contribution in [-0.2, 0) is 39.1 Å². The van der Waals surface area contributed by atoms with Crippen LogP contribution in [0.4, 0.5) is 4.79 Å².